The van der Waals surface area contributed by atoms with Crippen molar-refractivity contribution in [3.63, 3.8) is 0 Å². The summed E-state index contributed by atoms with van der Waals surface area (Å²) in [6.45, 7) is 2.61. The Bertz CT molecular complexity index is 365. The second-order valence-electron chi connectivity index (χ2n) is 4.83. The Morgan fingerprint density at radius 3 is 2.37 bits per heavy atom. The van der Waals surface area contributed by atoms with Crippen LogP contribution in [0.4, 0.5) is 0 Å². The Morgan fingerprint density at radius 1 is 1.16 bits per heavy atom. The van der Waals surface area contributed by atoms with Crippen LogP contribution in [0, 0.1) is 0 Å². The minimum absolute atomic E-state index is 0.693. The normalized spacial score (nSPS) is 15.3. The van der Waals surface area contributed by atoms with Gasteiger partial charge in [-0.1, -0.05) is 6.42 Å². The van der Waals surface area contributed by atoms with Crippen LogP contribution in [0.25, 0.3) is 0 Å². The lowest BCUT2D eigenvalue weighted by atomic mass is 9.91. The Morgan fingerprint density at radius 2 is 1.84 bits per heavy atom. The van der Waals surface area contributed by atoms with Gasteiger partial charge in [-0.05, 0) is 37.1 Å². The largest absolute Gasteiger partial charge is 0.497 e. The van der Waals surface area contributed by atoms with Gasteiger partial charge in [-0.15, -0.1) is 11.6 Å². The SMILES string of the molecule is COc1ccc(OCCN(CCCl)C2CCC2)cc1. The summed E-state index contributed by atoms with van der Waals surface area (Å²) in [5.74, 6) is 2.43. The lowest BCUT2D eigenvalue weighted by molar-refractivity contribution is 0.113. The molecule has 0 amide bonds. The first-order valence-electron chi connectivity index (χ1n) is 6.90. The topological polar surface area (TPSA) is 21.7 Å². The zero-order chi connectivity index (χ0) is 13.5. The van der Waals surface area contributed by atoms with Crippen LogP contribution in [0.2, 0.25) is 0 Å². The molecule has 0 radical (unpaired) electrons. The van der Waals surface area contributed by atoms with Gasteiger partial charge < -0.3 is 9.47 Å². The van der Waals surface area contributed by atoms with Gasteiger partial charge >= 0.3 is 0 Å². The first kappa shape index (κ1) is 14.5. The molecule has 0 heterocycles. The number of rotatable bonds is 8. The molecule has 0 unspecified atom stereocenters. The molecule has 0 N–H and O–H groups in total. The van der Waals surface area contributed by atoms with E-state index in [0.717, 1.165) is 30.6 Å². The molecule has 0 aliphatic heterocycles. The monoisotopic (exact) mass is 283 g/mol. The molecular formula is C15H22ClNO2. The summed E-state index contributed by atoms with van der Waals surface area (Å²) in [7, 11) is 1.67. The van der Waals surface area contributed by atoms with E-state index in [1.807, 2.05) is 24.3 Å². The summed E-state index contributed by atoms with van der Waals surface area (Å²) in [6, 6.07) is 8.43. The standard InChI is InChI=1S/C15H22ClNO2/c1-18-14-5-7-15(8-6-14)19-12-11-17(10-9-16)13-3-2-4-13/h5-8,13H,2-4,9-12H2,1H3. The van der Waals surface area contributed by atoms with Gasteiger partial charge in [0.15, 0.2) is 0 Å². The Kier molecular flexibility index (Phi) is 5.80. The maximum atomic E-state index is 5.85. The van der Waals surface area contributed by atoms with E-state index in [2.05, 4.69) is 4.90 Å². The Hall–Kier alpha value is -0.930. The Labute approximate surface area is 120 Å². The van der Waals surface area contributed by atoms with Crippen LogP contribution in [0.15, 0.2) is 24.3 Å². The van der Waals surface area contributed by atoms with E-state index >= 15 is 0 Å². The smallest absolute Gasteiger partial charge is 0.119 e. The van der Waals surface area contributed by atoms with Crippen molar-refractivity contribution in [2.75, 3.05) is 32.7 Å². The van der Waals surface area contributed by atoms with Gasteiger partial charge in [-0.25, -0.2) is 0 Å². The van der Waals surface area contributed by atoms with Gasteiger partial charge in [0.05, 0.1) is 7.11 Å². The summed E-state index contributed by atoms with van der Waals surface area (Å²) in [5.41, 5.74) is 0. The van der Waals surface area contributed by atoms with E-state index in [4.69, 9.17) is 21.1 Å². The summed E-state index contributed by atoms with van der Waals surface area (Å²) in [5, 5.41) is 0. The summed E-state index contributed by atoms with van der Waals surface area (Å²) >= 11 is 5.85. The molecule has 0 spiro atoms. The van der Waals surface area contributed by atoms with E-state index < -0.39 is 0 Å². The van der Waals surface area contributed by atoms with Crippen LogP contribution in [-0.2, 0) is 0 Å². The quantitative estimate of drug-likeness (QED) is 0.684. The van der Waals surface area contributed by atoms with Crippen molar-refractivity contribution >= 4 is 11.6 Å². The van der Waals surface area contributed by atoms with Crippen LogP contribution >= 0.6 is 11.6 Å². The number of alkyl halides is 1. The average Bonchev–Trinajstić information content (AvgIpc) is 2.38. The van der Waals surface area contributed by atoms with Gasteiger partial charge in [0.2, 0.25) is 0 Å². The summed E-state index contributed by atoms with van der Waals surface area (Å²) in [4.78, 5) is 2.44. The minimum Gasteiger partial charge on any atom is -0.497 e. The third-order valence-electron chi connectivity index (χ3n) is 3.67. The van der Waals surface area contributed by atoms with Crippen LogP contribution < -0.4 is 9.47 Å². The van der Waals surface area contributed by atoms with Crippen molar-refractivity contribution in [2.24, 2.45) is 0 Å². The molecule has 0 aromatic heterocycles. The molecule has 0 bridgehead atoms. The molecule has 2 rings (SSSR count). The zero-order valence-electron chi connectivity index (χ0n) is 11.5. The molecule has 1 fully saturated rings. The van der Waals surface area contributed by atoms with Gasteiger partial charge in [-0.3, -0.25) is 4.90 Å². The van der Waals surface area contributed by atoms with Gasteiger partial charge in [0, 0.05) is 25.0 Å². The number of nitrogens with zero attached hydrogens (tertiary/aromatic N) is 1. The number of hydrogen-bond donors (Lipinski definition) is 0. The van der Waals surface area contributed by atoms with Gasteiger partial charge in [0.25, 0.3) is 0 Å². The summed E-state index contributed by atoms with van der Waals surface area (Å²) < 4.78 is 10.9. The van der Waals surface area contributed by atoms with Crippen LogP contribution in [0.1, 0.15) is 19.3 Å². The van der Waals surface area contributed by atoms with Crippen molar-refractivity contribution < 1.29 is 9.47 Å². The maximum Gasteiger partial charge on any atom is 0.119 e. The third-order valence-corrected chi connectivity index (χ3v) is 3.84. The molecule has 4 heteroatoms. The third kappa shape index (κ3) is 4.29. The van der Waals surface area contributed by atoms with E-state index in [9.17, 15) is 0 Å². The number of benzene rings is 1. The van der Waals surface area contributed by atoms with Gasteiger partial charge in [0.1, 0.15) is 18.1 Å². The van der Waals surface area contributed by atoms with Crippen molar-refractivity contribution in [3.8, 4) is 11.5 Å². The fourth-order valence-corrected chi connectivity index (χ4v) is 2.51. The molecule has 3 nitrogen and oxygen atoms in total. The molecule has 1 saturated carbocycles. The number of hydrogen-bond acceptors (Lipinski definition) is 3. The molecule has 1 aliphatic rings. The van der Waals surface area contributed by atoms with Crippen molar-refractivity contribution in [3.05, 3.63) is 24.3 Å². The lowest BCUT2D eigenvalue weighted by Gasteiger charge is -2.37. The zero-order valence-corrected chi connectivity index (χ0v) is 12.2. The molecular weight excluding hydrogens is 262 g/mol. The number of ether oxygens (including phenoxy) is 2. The predicted molar refractivity (Wildman–Crippen MR) is 78.4 cm³/mol. The number of methoxy groups -OCH3 is 1. The van der Waals surface area contributed by atoms with E-state index in [-0.39, 0.29) is 0 Å². The molecule has 1 aliphatic carbocycles. The van der Waals surface area contributed by atoms with Crippen molar-refractivity contribution in [1.29, 1.82) is 0 Å². The van der Waals surface area contributed by atoms with E-state index in [1.54, 1.807) is 7.11 Å². The van der Waals surface area contributed by atoms with Crippen molar-refractivity contribution in [1.82, 2.24) is 4.90 Å². The molecule has 1 aromatic rings. The van der Waals surface area contributed by atoms with Crippen LogP contribution in [-0.4, -0.2) is 43.6 Å². The van der Waals surface area contributed by atoms with E-state index in [1.165, 1.54) is 19.3 Å². The highest BCUT2D eigenvalue weighted by Gasteiger charge is 2.23. The first-order chi connectivity index (χ1) is 9.33. The van der Waals surface area contributed by atoms with Crippen LogP contribution in [0.5, 0.6) is 11.5 Å². The molecule has 19 heavy (non-hydrogen) atoms. The second kappa shape index (κ2) is 7.61. The fraction of sp³-hybridized carbons (Fsp3) is 0.600. The second-order valence-corrected chi connectivity index (χ2v) is 5.21. The average molecular weight is 284 g/mol. The number of halogens is 1. The Balaban J connectivity index is 1.74. The predicted octanol–water partition coefficient (Wildman–Crippen LogP) is 3.17. The van der Waals surface area contributed by atoms with Gasteiger partial charge in [-0.2, -0.15) is 0 Å². The molecule has 106 valence electrons. The highest BCUT2D eigenvalue weighted by atomic mass is 35.5. The van der Waals surface area contributed by atoms with Crippen LogP contribution in [0.3, 0.4) is 0 Å². The highest BCUT2D eigenvalue weighted by Crippen LogP contribution is 2.24. The maximum absolute atomic E-state index is 5.85. The molecule has 0 saturated heterocycles. The fourth-order valence-electron chi connectivity index (χ4n) is 2.29. The van der Waals surface area contributed by atoms with Crippen molar-refractivity contribution in [2.45, 2.75) is 25.3 Å². The summed E-state index contributed by atoms with van der Waals surface area (Å²) in [6.07, 6.45) is 3.96. The molecule has 1 aromatic carbocycles. The van der Waals surface area contributed by atoms with E-state index in [0.29, 0.717) is 12.5 Å². The lowest BCUT2D eigenvalue weighted by Crippen LogP contribution is -2.43. The minimum atomic E-state index is 0.693. The highest BCUT2D eigenvalue weighted by molar-refractivity contribution is 6.18. The first-order valence-corrected chi connectivity index (χ1v) is 7.44. The molecule has 0 atom stereocenters.